The van der Waals surface area contributed by atoms with Crippen molar-refractivity contribution in [3.8, 4) is 27.1 Å². The van der Waals surface area contributed by atoms with E-state index in [-0.39, 0.29) is 31.5 Å². The van der Waals surface area contributed by atoms with Crippen LogP contribution < -0.4 is 5.56 Å². The van der Waals surface area contributed by atoms with E-state index in [2.05, 4.69) is 0 Å². The number of rotatable bonds is 7. The van der Waals surface area contributed by atoms with Gasteiger partial charge in [0.15, 0.2) is 4.90 Å². The van der Waals surface area contributed by atoms with Crippen molar-refractivity contribution in [2.24, 2.45) is 0 Å². The molecule has 0 amide bonds. The van der Waals surface area contributed by atoms with Crippen LogP contribution in [0.3, 0.4) is 0 Å². The van der Waals surface area contributed by atoms with Crippen LogP contribution in [0.5, 0.6) is 0 Å². The predicted molar refractivity (Wildman–Crippen MR) is 141 cm³/mol. The topological polar surface area (TPSA) is 68.8 Å². The lowest BCUT2D eigenvalue weighted by Gasteiger charge is -2.17. The van der Waals surface area contributed by atoms with E-state index in [1.54, 1.807) is 6.92 Å². The van der Waals surface area contributed by atoms with Crippen molar-refractivity contribution in [3.63, 3.8) is 0 Å². The summed E-state index contributed by atoms with van der Waals surface area (Å²) in [6, 6.07) is 9.62. The van der Waals surface area contributed by atoms with Gasteiger partial charge in [-0.3, -0.25) is 4.79 Å². The number of thiophene rings is 1. The number of hydrogen-bond acceptors (Lipinski definition) is 4. The van der Waals surface area contributed by atoms with Crippen LogP contribution in [0.15, 0.2) is 64.3 Å². The molecule has 14 heteroatoms. The van der Waals surface area contributed by atoms with Crippen LogP contribution in [-0.2, 0) is 30.1 Å². The molecule has 2 aromatic carbocycles. The molecule has 0 saturated carbocycles. The average Bonchev–Trinajstić information content (AvgIpc) is 3.40. The van der Waals surface area contributed by atoms with Crippen molar-refractivity contribution in [1.82, 2.24) is 4.57 Å². The predicted octanol–water partition coefficient (Wildman–Crippen LogP) is 8.00. The highest BCUT2D eigenvalue weighted by Crippen LogP contribution is 2.41. The van der Waals surface area contributed by atoms with Gasteiger partial charge in [-0.05, 0) is 53.5 Å². The molecule has 220 valence electrons. The van der Waals surface area contributed by atoms with Gasteiger partial charge in [-0.1, -0.05) is 13.0 Å². The minimum atomic E-state index is -5.13. The number of nitrogens with zero attached hydrogens (tertiary/aromatic N) is 2. The molecule has 4 nitrogen and oxygen atoms in total. The van der Waals surface area contributed by atoms with E-state index >= 15 is 0 Å². The third-order valence-corrected chi connectivity index (χ3v) is 8.79. The Morgan fingerprint density at radius 3 is 2.24 bits per heavy atom. The summed E-state index contributed by atoms with van der Waals surface area (Å²) >= 11 is -1.02. The molecular formula is C28H18F8N2O2S2. The third-order valence-electron chi connectivity index (χ3n) is 6.09. The Balaban J connectivity index is 1.93. The minimum absolute atomic E-state index is 0.0105. The Morgan fingerprint density at radius 2 is 1.64 bits per heavy atom. The molecule has 0 spiro atoms. The Morgan fingerprint density at radius 1 is 0.952 bits per heavy atom. The lowest BCUT2D eigenvalue weighted by atomic mass is 10.1. The summed E-state index contributed by atoms with van der Waals surface area (Å²) in [6.07, 6.45) is -9.47. The summed E-state index contributed by atoms with van der Waals surface area (Å²) in [5.74, 6) is -1.92. The molecule has 0 N–H and O–H groups in total. The lowest BCUT2D eigenvalue weighted by Crippen LogP contribution is -2.28. The van der Waals surface area contributed by atoms with Gasteiger partial charge in [0.05, 0.1) is 28.2 Å². The van der Waals surface area contributed by atoms with Crippen LogP contribution >= 0.6 is 11.3 Å². The van der Waals surface area contributed by atoms with Crippen LogP contribution in [-0.4, -0.2) is 14.9 Å². The van der Waals surface area contributed by atoms with Crippen molar-refractivity contribution < 1.29 is 39.7 Å². The van der Waals surface area contributed by atoms with Crippen molar-refractivity contribution in [3.05, 3.63) is 98.8 Å². The number of nitriles is 1. The highest BCUT2D eigenvalue weighted by atomic mass is 32.2. The van der Waals surface area contributed by atoms with Crippen LogP contribution in [0, 0.1) is 23.0 Å². The maximum absolute atomic E-state index is 14.5. The molecule has 0 aliphatic carbocycles. The Kier molecular flexibility index (Phi) is 8.86. The molecule has 42 heavy (non-hydrogen) atoms. The fraction of sp³-hybridized carbons (Fsp3) is 0.214. The fourth-order valence-electron chi connectivity index (χ4n) is 4.13. The summed E-state index contributed by atoms with van der Waals surface area (Å²) in [7, 11) is 0. The highest BCUT2D eigenvalue weighted by Gasteiger charge is 2.37. The van der Waals surface area contributed by atoms with Gasteiger partial charge in [0, 0.05) is 28.6 Å². The van der Waals surface area contributed by atoms with Gasteiger partial charge in [0.25, 0.3) is 5.56 Å². The first-order valence-electron chi connectivity index (χ1n) is 12.0. The SMILES string of the molecule is CCC[S+]([O-])c1cc(-c2ccc(-c3cc(C(F)(F)F)c(C#N)c(=O)n3Cc3ccc(F)cc3F)s2)cc(C(F)(F)F)c1. The molecule has 4 aromatic rings. The largest absolute Gasteiger partial charge is 0.611 e. The number of halogens is 8. The Bertz CT molecular complexity index is 1740. The summed E-state index contributed by atoms with van der Waals surface area (Å²) in [5.41, 5.74) is -5.93. The first kappa shape index (κ1) is 31.3. The summed E-state index contributed by atoms with van der Waals surface area (Å²) in [5, 5.41) is 9.36. The second-order valence-electron chi connectivity index (χ2n) is 9.01. The van der Waals surface area contributed by atoms with Gasteiger partial charge < -0.3 is 9.12 Å². The first-order valence-corrected chi connectivity index (χ1v) is 14.2. The summed E-state index contributed by atoms with van der Waals surface area (Å²) in [6.45, 7) is 1.03. The zero-order valence-corrected chi connectivity index (χ0v) is 23.0. The zero-order valence-electron chi connectivity index (χ0n) is 21.4. The van der Waals surface area contributed by atoms with Crippen molar-refractivity contribution in [2.75, 3.05) is 5.75 Å². The Labute approximate surface area is 240 Å². The van der Waals surface area contributed by atoms with Crippen LogP contribution in [0.4, 0.5) is 35.1 Å². The van der Waals surface area contributed by atoms with Crippen LogP contribution in [0.1, 0.15) is 35.6 Å². The molecule has 2 heterocycles. The van der Waals surface area contributed by atoms with Crippen molar-refractivity contribution >= 4 is 22.5 Å². The molecule has 0 bridgehead atoms. The van der Waals surface area contributed by atoms with E-state index < -0.39 is 69.7 Å². The molecule has 1 atom stereocenters. The normalized spacial score (nSPS) is 12.8. The standard InChI is InChI=1S/C28H18F8N2O2S2/c1-2-7-42(40)19-9-16(8-17(10-19)27(31,32)33)24-5-6-25(41-24)23-12-21(28(34,35)36)20(13-37)26(39)38(23)14-15-3-4-18(29)11-22(15)30/h3-6,8-12H,2,7,14H2,1H3. The van der Waals surface area contributed by atoms with Gasteiger partial charge >= 0.3 is 12.4 Å². The van der Waals surface area contributed by atoms with Gasteiger partial charge in [0.2, 0.25) is 0 Å². The van der Waals surface area contributed by atoms with Gasteiger partial charge in [-0.15, -0.1) is 11.3 Å². The average molecular weight is 631 g/mol. The van der Waals surface area contributed by atoms with E-state index in [9.17, 15) is 49.7 Å². The monoisotopic (exact) mass is 630 g/mol. The summed E-state index contributed by atoms with van der Waals surface area (Å²) < 4.78 is 124. The summed E-state index contributed by atoms with van der Waals surface area (Å²) in [4.78, 5) is 13.2. The van der Waals surface area contributed by atoms with Gasteiger partial charge in [0.1, 0.15) is 29.0 Å². The maximum Gasteiger partial charge on any atom is 0.417 e. The fourth-order valence-corrected chi connectivity index (χ4v) is 6.27. The lowest BCUT2D eigenvalue weighted by molar-refractivity contribution is -0.138. The molecular weight excluding hydrogens is 612 g/mol. The quantitative estimate of drug-likeness (QED) is 0.154. The van der Waals surface area contributed by atoms with E-state index in [4.69, 9.17) is 0 Å². The Hall–Kier alpha value is -3.67. The number of benzene rings is 2. The van der Waals surface area contributed by atoms with Gasteiger partial charge in [-0.2, -0.15) is 31.6 Å². The van der Waals surface area contributed by atoms with E-state index in [1.165, 1.54) is 24.3 Å². The molecule has 0 radical (unpaired) electrons. The van der Waals surface area contributed by atoms with Crippen LogP contribution in [0.2, 0.25) is 0 Å². The van der Waals surface area contributed by atoms with E-state index in [0.29, 0.717) is 23.1 Å². The van der Waals surface area contributed by atoms with Crippen LogP contribution in [0.25, 0.3) is 21.0 Å². The third kappa shape index (κ3) is 6.53. The maximum atomic E-state index is 14.5. The van der Waals surface area contributed by atoms with Crippen molar-refractivity contribution in [1.29, 1.82) is 5.26 Å². The molecule has 0 aliphatic heterocycles. The minimum Gasteiger partial charge on any atom is -0.611 e. The smallest absolute Gasteiger partial charge is 0.417 e. The number of pyridine rings is 1. The number of aromatic nitrogens is 1. The van der Waals surface area contributed by atoms with E-state index in [0.717, 1.165) is 35.6 Å². The highest BCUT2D eigenvalue weighted by molar-refractivity contribution is 7.91. The molecule has 0 aliphatic rings. The second-order valence-corrected chi connectivity index (χ2v) is 11.7. The molecule has 2 aromatic heterocycles. The van der Waals surface area contributed by atoms with Crippen molar-refractivity contribution in [2.45, 2.75) is 37.1 Å². The van der Waals surface area contributed by atoms with Gasteiger partial charge in [-0.25, -0.2) is 8.78 Å². The zero-order chi connectivity index (χ0) is 31.0. The second kappa shape index (κ2) is 11.9. The molecule has 0 saturated heterocycles. The molecule has 1 unspecified atom stereocenters. The number of alkyl halides is 6. The molecule has 4 rings (SSSR count). The number of hydrogen-bond donors (Lipinski definition) is 0. The molecule has 0 fully saturated rings. The van der Waals surface area contributed by atoms with E-state index in [1.807, 2.05) is 0 Å². The first-order chi connectivity index (χ1) is 19.6.